The van der Waals surface area contributed by atoms with Crippen LogP contribution >= 0.6 is 0 Å². The molecule has 0 aromatic rings. The van der Waals surface area contributed by atoms with E-state index in [1.165, 1.54) is 31.4 Å². The lowest BCUT2D eigenvalue weighted by molar-refractivity contribution is -0.145. The van der Waals surface area contributed by atoms with Gasteiger partial charge in [0.2, 0.25) is 0 Å². The molecule has 1 rings (SSSR count). The summed E-state index contributed by atoms with van der Waals surface area (Å²) in [6.45, 7) is 4.26. The van der Waals surface area contributed by atoms with Crippen molar-refractivity contribution in [1.29, 1.82) is 0 Å². The van der Waals surface area contributed by atoms with Crippen molar-refractivity contribution < 1.29 is 19.4 Å². The van der Waals surface area contributed by atoms with E-state index in [9.17, 15) is 14.7 Å². The molecule has 1 saturated carbocycles. The van der Waals surface area contributed by atoms with Crippen LogP contribution in [0, 0.1) is 11.8 Å². The predicted molar refractivity (Wildman–Crippen MR) is 86.3 cm³/mol. The molecular weight excluding hydrogens is 280 g/mol. The van der Waals surface area contributed by atoms with Crippen molar-refractivity contribution in [1.82, 2.24) is 0 Å². The quantitative estimate of drug-likeness (QED) is 0.275. The third-order valence-electron chi connectivity index (χ3n) is 3.75. The maximum absolute atomic E-state index is 11.9. The highest BCUT2D eigenvalue weighted by molar-refractivity contribution is 5.98. The number of carbonyl (C=O) groups is 2. The topological polar surface area (TPSA) is 63.6 Å². The Morgan fingerprint density at radius 3 is 2.68 bits per heavy atom. The minimum absolute atomic E-state index is 0.0935. The summed E-state index contributed by atoms with van der Waals surface area (Å²) in [4.78, 5) is 23.3. The van der Waals surface area contributed by atoms with Gasteiger partial charge in [0.15, 0.2) is 5.78 Å². The first-order valence-electron chi connectivity index (χ1n) is 8.31. The second-order valence-corrected chi connectivity index (χ2v) is 5.73. The SMILES string of the molecule is CCCCC/C=C\CC(O)/C=C/C(=O)[C@H]1C[C@H]1C(=O)OCC. The highest BCUT2D eigenvalue weighted by Gasteiger charge is 2.47. The van der Waals surface area contributed by atoms with Gasteiger partial charge in [-0.1, -0.05) is 38.0 Å². The van der Waals surface area contributed by atoms with Crippen LogP contribution in [0.15, 0.2) is 24.3 Å². The van der Waals surface area contributed by atoms with Crippen molar-refractivity contribution in [3.05, 3.63) is 24.3 Å². The molecule has 0 aromatic carbocycles. The van der Waals surface area contributed by atoms with Crippen LogP contribution < -0.4 is 0 Å². The van der Waals surface area contributed by atoms with E-state index in [-0.39, 0.29) is 23.6 Å². The van der Waals surface area contributed by atoms with Gasteiger partial charge in [0.05, 0.1) is 18.6 Å². The number of ketones is 1. The van der Waals surface area contributed by atoms with Crippen molar-refractivity contribution in [3.63, 3.8) is 0 Å². The lowest BCUT2D eigenvalue weighted by Gasteiger charge is -2.01. The van der Waals surface area contributed by atoms with Crippen molar-refractivity contribution in [2.45, 2.75) is 58.5 Å². The number of esters is 1. The molecule has 1 aliphatic rings. The second-order valence-electron chi connectivity index (χ2n) is 5.73. The minimum Gasteiger partial charge on any atom is -0.466 e. The Hall–Kier alpha value is -1.42. The van der Waals surface area contributed by atoms with Gasteiger partial charge in [-0.3, -0.25) is 9.59 Å². The smallest absolute Gasteiger partial charge is 0.309 e. The van der Waals surface area contributed by atoms with Crippen LogP contribution in [0.3, 0.4) is 0 Å². The van der Waals surface area contributed by atoms with E-state index in [0.717, 1.165) is 6.42 Å². The molecule has 4 nitrogen and oxygen atoms in total. The Kier molecular flexibility index (Phi) is 8.75. The lowest BCUT2D eigenvalue weighted by atomic mass is 10.1. The Bertz CT molecular complexity index is 411. The third-order valence-corrected chi connectivity index (χ3v) is 3.75. The van der Waals surface area contributed by atoms with Crippen molar-refractivity contribution in [3.8, 4) is 0 Å². The van der Waals surface area contributed by atoms with Crippen LogP contribution in [-0.2, 0) is 14.3 Å². The summed E-state index contributed by atoms with van der Waals surface area (Å²) in [6, 6.07) is 0. The number of ether oxygens (including phenoxy) is 1. The molecule has 0 bridgehead atoms. The number of rotatable bonds is 11. The molecule has 1 fully saturated rings. The third kappa shape index (κ3) is 7.03. The molecule has 4 heteroatoms. The van der Waals surface area contributed by atoms with Crippen LogP contribution in [0.2, 0.25) is 0 Å². The molecule has 0 aliphatic heterocycles. The molecule has 0 amide bonds. The normalized spacial score (nSPS) is 22.1. The number of carbonyl (C=O) groups excluding carboxylic acids is 2. The average Bonchev–Trinajstić information content (AvgIpc) is 3.29. The Morgan fingerprint density at radius 2 is 2.00 bits per heavy atom. The van der Waals surface area contributed by atoms with Gasteiger partial charge in [-0.05, 0) is 38.7 Å². The van der Waals surface area contributed by atoms with Gasteiger partial charge in [-0.2, -0.15) is 0 Å². The van der Waals surface area contributed by atoms with E-state index in [1.54, 1.807) is 6.92 Å². The number of aliphatic hydroxyl groups is 1. The number of unbranched alkanes of at least 4 members (excludes halogenated alkanes) is 3. The molecule has 1 N–H and O–H groups in total. The van der Waals surface area contributed by atoms with Crippen LogP contribution in [0.25, 0.3) is 0 Å². The number of allylic oxidation sites excluding steroid dienone is 2. The van der Waals surface area contributed by atoms with Gasteiger partial charge in [0.1, 0.15) is 0 Å². The van der Waals surface area contributed by atoms with Crippen LogP contribution in [0.4, 0.5) is 0 Å². The molecule has 0 spiro atoms. The molecule has 124 valence electrons. The van der Waals surface area contributed by atoms with E-state index in [4.69, 9.17) is 4.74 Å². The Morgan fingerprint density at radius 1 is 1.23 bits per heavy atom. The zero-order valence-electron chi connectivity index (χ0n) is 13.7. The fourth-order valence-corrected chi connectivity index (χ4v) is 2.29. The summed E-state index contributed by atoms with van der Waals surface area (Å²) in [6.07, 6.45) is 12.0. The highest BCUT2D eigenvalue weighted by atomic mass is 16.5. The summed E-state index contributed by atoms with van der Waals surface area (Å²) >= 11 is 0. The Balaban J connectivity index is 2.21. The molecule has 0 heterocycles. The van der Waals surface area contributed by atoms with E-state index >= 15 is 0 Å². The molecule has 0 aromatic heterocycles. The van der Waals surface area contributed by atoms with Crippen LogP contribution in [-0.4, -0.2) is 29.6 Å². The number of hydrogen-bond donors (Lipinski definition) is 1. The number of hydrogen-bond acceptors (Lipinski definition) is 4. The second kappa shape index (κ2) is 10.3. The van der Waals surface area contributed by atoms with Gasteiger partial charge in [-0.15, -0.1) is 0 Å². The lowest BCUT2D eigenvalue weighted by Crippen LogP contribution is -2.11. The Labute approximate surface area is 133 Å². The molecule has 22 heavy (non-hydrogen) atoms. The summed E-state index contributed by atoms with van der Waals surface area (Å²) in [5.74, 6) is -0.923. The van der Waals surface area contributed by atoms with E-state index in [0.29, 0.717) is 19.4 Å². The van der Waals surface area contributed by atoms with Crippen molar-refractivity contribution >= 4 is 11.8 Å². The van der Waals surface area contributed by atoms with Crippen LogP contribution in [0.5, 0.6) is 0 Å². The van der Waals surface area contributed by atoms with Gasteiger partial charge in [0, 0.05) is 5.92 Å². The monoisotopic (exact) mass is 308 g/mol. The molecular formula is C18H28O4. The van der Waals surface area contributed by atoms with E-state index in [2.05, 4.69) is 13.0 Å². The molecule has 0 radical (unpaired) electrons. The maximum Gasteiger partial charge on any atom is 0.309 e. The maximum atomic E-state index is 11.9. The zero-order valence-corrected chi connectivity index (χ0v) is 13.7. The standard InChI is InChI=1S/C18H28O4/c1-3-5-6-7-8-9-10-14(19)11-12-17(20)15-13-16(15)18(21)22-4-2/h8-9,11-12,14-16,19H,3-7,10,13H2,1-2H3/b9-8-,12-11+/t14?,15-,16+/m0/s1. The highest BCUT2D eigenvalue weighted by Crippen LogP contribution is 2.40. The van der Waals surface area contributed by atoms with Gasteiger partial charge >= 0.3 is 5.97 Å². The first-order valence-corrected chi connectivity index (χ1v) is 8.31. The first-order chi connectivity index (χ1) is 10.6. The van der Waals surface area contributed by atoms with Crippen molar-refractivity contribution in [2.24, 2.45) is 11.8 Å². The first kappa shape index (κ1) is 18.6. The molecule has 3 atom stereocenters. The van der Waals surface area contributed by atoms with Gasteiger partial charge in [-0.25, -0.2) is 0 Å². The fourth-order valence-electron chi connectivity index (χ4n) is 2.29. The summed E-state index contributed by atoms with van der Waals surface area (Å²) in [7, 11) is 0. The van der Waals surface area contributed by atoms with Gasteiger partial charge < -0.3 is 9.84 Å². The summed E-state index contributed by atoms with van der Waals surface area (Å²) < 4.78 is 4.89. The largest absolute Gasteiger partial charge is 0.466 e. The average molecular weight is 308 g/mol. The fraction of sp³-hybridized carbons (Fsp3) is 0.667. The zero-order chi connectivity index (χ0) is 16.4. The molecule has 1 unspecified atom stereocenters. The van der Waals surface area contributed by atoms with E-state index < -0.39 is 6.10 Å². The van der Waals surface area contributed by atoms with E-state index in [1.807, 2.05) is 6.08 Å². The van der Waals surface area contributed by atoms with Crippen molar-refractivity contribution in [2.75, 3.05) is 6.61 Å². The molecule has 0 saturated heterocycles. The molecule has 1 aliphatic carbocycles. The van der Waals surface area contributed by atoms with Gasteiger partial charge in [0.25, 0.3) is 0 Å². The van der Waals surface area contributed by atoms with Crippen LogP contribution in [0.1, 0.15) is 52.4 Å². The summed E-state index contributed by atoms with van der Waals surface area (Å²) in [5.41, 5.74) is 0. The number of aliphatic hydroxyl groups excluding tert-OH is 1. The summed E-state index contributed by atoms with van der Waals surface area (Å²) in [5, 5.41) is 9.78. The minimum atomic E-state index is -0.647. The predicted octanol–water partition coefficient (Wildman–Crippen LogP) is 3.20.